The maximum absolute atomic E-state index is 12.1. The average molecular weight is 388 g/mol. The Balaban J connectivity index is 1.72. The lowest BCUT2D eigenvalue weighted by Gasteiger charge is -2.08. The molecule has 0 aliphatic rings. The number of allylic oxidation sites excluding steroid dienone is 1. The number of aromatic carboxylic acids is 2. The second-order valence-corrected chi connectivity index (χ2v) is 6.05. The molecule has 0 atom stereocenters. The van der Waals surface area contributed by atoms with Gasteiger partial charge in [-0.2, -0.15) is 0 Å². The minimum absolute atomic E-state index is 0.106. The molecule has 0 bridgehead atoms. The third-order valence-electron chi connectivity index (χ3n) is 4.05. The highest BCUT2D eigenvalue weighted by Gasteiger charge is 2.17. The molecule has 0 amide bonds. The summed E-state index contributed by atoms with van der Waals surface area (Å²) in [4.78, 5) is 34.4. The molecule has 0 aliphatic heterocycles. The first-order chi connectivity index (χ1) is 13.9. The summed E-state index contributed by atoms with van der Waals surface area (Å²) in [6, 6.07) is 19.5. The Kier molecular flexibility index (Phi) is 5.85. The molecule has 6 nitrogen and oxygen atoms in total. The molecule has 3 aromatic carbocycles. The second kappa shape index (κ2) is 8.67. The maximum Gasteiger partial charge on any atom is 0.336 e. The lowest BCUT2D eigenvalue weighted by Crippen LogP contribution is -2.07. The highest BCUT2D eigenvalue weighted by atomic mass is 16.5. The van der Waals surface area contributed by atoms with Gasteiger partial charge in [0.25, 0.3) is 0 Å². The van der Waals surface area contributed by atoms with Crippen LogP contribution in [0.2, 0.25) is 0 Å². The minimum Gasteiger partial charge on any atom is -0.478 e. The van der Waals surface area contributed by atoms with Crippen LogP contribution in [0.25, 0.3) is 6.08 Å². The summed E-state index contributed by atoms with van der Waals surface area (Å²) < 4.78 is 5.61. The van der Waals surface area contributed by atoms with Crippen molar-refractivity contribution >= 4 is 23.8 Å². The molecule has 2 N–H and O–H groups in total. The molecule has 3 aromatic rings. The first kappa shape index (κ1) is 19.6. The van der Waals surface area contributed by atoms with Crippen molar-refractivity contribution in [2.45, 2.75) is 0 Å². The van der Waals surface area contributed by atoms with Crippen molar-refractivity contribution in [1.29, 1.82) is 0 Å². The van der Waals surface area contributed by atoms with Crippen LogP contribution in [0.1, 0.15) is 36.6 Å². The van der Waals surface area contributed by atoms with Gasteiger partial charge in [0.05, 0.1) is 11.1 Å². The fourth-order valence-electron chi connectivity index (χ4n) is 2.60. The van der Waals surface area contributed by atoms with Gasteiger partial charge in [-0.3, -0.25) is 4.79 Å². The van der Waals surface area contributed by atoms with Gasteiger partial charge in [0.2, 0.25) is 0 Å². The van der Waals surface area contributed by atoms with E-state index < -0.39 is 11.9 Å². The standard InChI is InChI=1S/C23H16O6/c24-21(16-4-2-1-3-5-16)13-8-15-6-9-17(10-7-15)29-18-11-12-19(22(25)26)20(14-18)23(27)28/h1-14H,(H,25,26)(H,27,28)/b13-8+. The molecule has 3 rings (SSSR count). The van der Waals surface area contributed by atoms with E-state index in [0.29, 0.717) is 11.3 Å². The van der Waals surface area contributed by atoms with Crippen LogP contribution in [0.4, 0.5) is 0 Å². The molecule has 0 saturated heterocycles. The van der Waals surface area contributed by atoms with Crippen molar-refractivity contribution < 1.29 is 29.3 Å². The molecule has 144 valence electrons. The highest BCUT2D eigenvalue weighted by molar-refractivity contribution is 6.06. The lowest BCUT2D eigenvalue weighted by molar-refractivity contribution is 0.0651. The Bertz CT molecular complexity index is 1080. The van der Waals surface area contributed by atoms with Crippen molar-refractivity contribution in [1.82, 2.24) is 0 Å². The Hall–Kier alpha value is -4.19. The summed E-state index contributed by atoms with van der Waals surface area (Å²) >= 11 is 0. The predicted octanol–water partition coefficient (Wildman–Crippen LogP) is 4.77. The molecule has 0 spiro atoms. The SMILES string of the molecule is O=C(/C=C/c1ccc(Oc2ccc(C(=O)O)c(C(=O)O)c2)cc1)c1ccccc1. The summed E-state index contributed by atoms with van der Waals surface area (Å²) in [5.74, 6) is -2.14. The molecule has 0 aromatic heterocycles. The molecule has 6 heteroatoms. The monoisotopic (exact) mass is 388 g/mol. The summed E-state index contributed by atoms with van der Waals surface area (Å²) in [7, 11) is 0. The quantitative estimate of drug-likeness (QED) is 0.447. The van der Waals surface area contributed by atoms with Crippen LogP contribution >= 0.6 is 0 Å². The van der Waals surface area contributed by atoms with Gasteiger partial charge in [0.15, 0.2) is 5.78 Å². The number of rotatable bonds is 7. The zero-order chi connectivity index (χ0) is 20.8. The summed E-state index contributed by atoms with van der Waals surface area (Å²) in [5, 5.41) is 18.2. The Morgan fingerprint density at radius 3 is 1.97 bits per heavy atom. The number of carbonyl (C=O) groups is 3. The molecule has 0 aliphatic carbocycles. The van der Waals surface area contributed by atoms with E-state index in [9.17, 15) is 19.5 Å². The number of ether oxygens (including phenoxy) is 1. The number of hydrogen-bond donors (Lipinski definition) is 2. The fourth-order valence-corrected chi connectivity index (χ4v) is 2.60. The summed E-state index contributed by atoms with van der Waals surface area (Å²) in [6.45, 7) is 0. The zero-order valence-corrected chi connectivity index (χ0v) is 15.1. The largest absolute Gasteiger partial charge is 0.478 e. The van der Waals surface area contributed by atoms with E-state index in [1.54, 1.807) is 54.6 Å². The van der Waals surface area contributed by atoms with E-state index in [-0.39, 0.29) is 22.7 Å². The topological polar surface area (TPSA) is 101 Å². The van der Waals surface area contributed by atoms with Crippen LogP contribution in [0, 0.1) is 0 Å². The van der Waals surface area contributed by atoms with Crippen LogP contribution < -0.4 is 4.74 Å². The number of carboxylic acids is 2. The van der Waals surface area contributed by atoms with Crippen LogP contribution in [0.5, 0.6) is 11.5 Å². The Labute approximate surface area is 166 Å². The first-order valence-electron chi connectivity index (χ1n) is 8.60. The molecule has 0 radical (unpaired) electrons. The van der Waals surface area contributed by atoms with Crippen molar-refractivity contribution in [2.24, 2.45) is 0 Å². The summed E-state index contributed by atoms with van der Waals surface area (Å²) in [6.07, 6.45) is 3.16. The number of carbonyl (C=O) groups excluding carboxylic acids is 1. The first-order valence-corrected chi connectivity index (χ1v) is 8.60. The highest BCUT2D eigenvalue weighted by Crippen LogP contribution is 2.25. The van der Waals surface area contributed by atoms with Crippen LogP contribution in [-0.2, 0) is 0 Å². The van der Waals surface area contributed by atoms with E-state index >= 15 is 0 Å². The van der Waals surface area contributed by atoms with Gasteiger partial charge in [0.1, 0.15) is 11.5 Å². The number of benzene rings is 3. The van der Waals surface area contributed by atoms with Gasteiger partial charge in [-0.05, 0) is 42.0 Å². The zero-order valence-electron chi connectivity index (χ0n) is 15.1. The number of ketones is 1. The van der Waals surface area contributed by atoms with E-state index in [4.69, 9.17) is 9.84 Å². The second-order valence-electron chi connectivity index (χ2n) is 6.05. The molecular formula is C23H16O6. The smallest absolute Gasteiger partial charge is 0.336 e. The molecule has 29 heavy (non-hydrogen) atoms. The van der Waals surface area contributed by atoms with Crippen molar-refractivity contribution in [3.8, 4) is 11.5 Å². The van der Waals surface area contributed by atoms with Gasteiger partial charge in [-0.1, -0.05) is 48.5 Å². The van der Waals surface area contributed by atoms with Gasteiger partial charge in [0, 0.05) is 5.56 Å². The van der Waals surface area contributed by atoms with Crippen molar-refractivity contribution in [2.75, 3.05) is 0 Å². The lowest BCUT2D eigenvalue weighted by atomic mass is 10.1. The van der Waals surface area contributed by atoms with Crippen LogP contribution in [0.3, 0.4) is 0 Å². The normalized spacial score (nSPS) is 10.6. The van der Waals surface area contributed by atoms with Gasteiger partial charge in [-0.15, -0.1) is 0 Å². The van der Waals surface area contributed by atoms with Gasteiger partial charge >= 0.3 is 11.9 Å². The molecular weight excluding hydrogens is 372 g/mol. The fraction of sp³-hybridized carbons (Fsp3) is 0. The number of carboxylic acid groups (broad SMARTS) is 2. The third-order valence-corrected chi connectivity index (χ3v) is 4.05. The Morgan fingerprint density at radius 1 is 0.724 bits per heavy atom. The molecule has 0 heterocycles. The summed E-state index contributed by atoms with van der Waals surface area (Å²) in [5.41, 5.74) is 0.722. The third kappa shape index (κ3) is 4.95. The van der Waals surface area contributed by atoms with E-state index in [1.807, 2.05) is 6.07 Å². The van der Waals surface area contributed by atoms with Gasteiger partial charge in [-0.25, -0.2) is 9.59 Å². The van der Waals surface area contributed by atoms with Crippen LogP contribution in [-0.4, -0.2) is 27.9 Å². The minimum atomic E-state index is -1.35. The van der Waals surface area contributed by atoms with E-state index in [2.05, 4.69) is 0 Å². The Morgan fingerprint density at radius 2 is 1.34 bits per heavy atom. The van der Waals surface area contributed by atoms with Crippen LogP contribution in [0.15, 0.2) is 78.9 Å². The number of hydrogen-bond acceptors (Lipinski definition) is 4. The average Bonchev–Trinajstić information content (AvgIpc) is 2.73. The van der Waals surface area contributed by atoms with E-state index in [0.717, 1.165) is 11.6 Å². The van der Waals surface area contributed by atoms with Crippen molar-refractivity contribution in [3.63, 3.8) is 0 Å². The molecule has 0 fully saturated rings. The van der Waals surface area contributed by atoms with Crippen molar-refractivity contribution in [3.05, 3.63) is 101 Å². The van der Waals surface area contributed by atoms with Gasteiger partial charge < -0.3 is 14.9 Å². The van der Waals surface area contributed by atoms with E-state index in [1.165, 1.54) is 18.2 Å². The molecule has 0 saturated carbocycles. The maximum atomic E-state index is 12.1. The predicted molar refractivity (Wildman–Crippen MR) is 107 cm³/mol. The molecule has 0 unspecified atom stereocenters.